The Morgan fingerprint density at radius 3 is 2.14 bits per heavy atom. The second kappa shape index (κ2) is 16.4. The van der Waals surface area contributed by atoms with Gasteiger partial charge in [-0.05, 0) is 61.9 Å². The van der Waals surface area contributed by atoms with Crippen molar-refractivity contribution in [3.63, 3.8) is 0 Å². The zero-order chi connectivity index (χ0) is 39.5. The van der Waals surface area contributed by atoms with Crippen molar-refractivity contribution in [2.45, 2.75) is 57.0 Å². The van der Waals surface area contributed by atoms with Crippen molar-refractivity contribution in [3.8, 4) is 23.0 Å². The third kappa shape index (κ3) is 7.61. The fourth-order valence-electron chi connectivity index (χ4n) is 7.52. The van der Waals surface area contributed by atoms with Crippen LogP contribution in [0.4, 0.5) is 21.9 Å². The Morgan fingerprint density at radius 1 is 0.839 bits per heavy atom. The molecular formula is C42H47N5O9. The molecule has 0 aliphatic carbocycles. The number of nitrogens with one attached hydrogen (secondary N) is 1. The first kappa shape index (κ1) is 38.3. The summed E-state index contributed by atoms with van der Waals surface area (Å²) in [4.78, 5) is 50.0. The zero-order valence-corrected chi connectivity index (χ0v) is 31.9. The minimum absolute atomic E-state index is 0.0392. The van der Waals surface area contributed by atoms with E-state index in [4.69, 9.17) is 23.7 Å². The van der Waals surface area contributed by atoms with Crippen LogP contribution in [-0.2, 0) is 11.3 Å². The van der Waals surface area contributed by atoms with E-state index in [0.717, 1.165) is 33.7 Å². The molecule has 3 aromatic carbocycles. The van der Waals surface area contributed by atoms with Crippen molar-refractivity contribution in [1.82, 2.24) is 9.80 Å². The number of aliphatic hydroxyl groups excluding tert-OH is 1. The second-order valence-corrected chi connectivity index (χ2v) is 14.3. The number of hydrogen-bond acceptors (Lipinski definition) is 11. The van der Waals surface area contributed by atoms with Gasteiger partial charge in [-0.2, -0.15) is 0 Å². The van der Waals surface area contributed by atoms with Crippen molar-refractivity contribution in [1.29, 1.82) is 0 Å². The standard InChI is InChI=1S/C42H47N5O9/c1-25-15-29-21-44-32-19-37(35(52-4)17-30(32)39(48)45(29)22-25)54-13-7-6-8-14-55-38-20-33-31(18-36(38)53-5)40(49)46-23-26(2)16-34(46)41(50)47(33)42(51)56-24-27-9-11-28(43-3)12-10-27/h9-12,17-21,29,34,41,43,50H,1-2,6-8,13-16,22-24H2,3-5H3. The van der Waals surface area contributed by atoms with Crippen LogP contribution in [0.15, 0.2) is 77.8 Å². The molecule has 4 aliphatic heterocycles. The van der Waals surface area contributed by atoms with Gasteiger partial charge in [0.15, 0.2) is 29.2 Å². The summed E-state index contributed by atoms with van der Waals surface area (Å²) in [5, 5.41) is 14.7. The van der Waals surface area contributed by atoms with Crippen LogP contribution in [0.1, 0.15) is 58.4 Å². The molecule has 4 aliphatic rings. The van der Waals surface area contributed by atoms with Gasteiger partial charge in [0.1, 0.15) is 6.61 Å². The Labute approximate surface area is 325 Å². The normalized spacial score (nSPS) is 19.8. The summed E-state index contributed by atoms with van der Waals surface area (Å²) >= 11 is 0. The predicted octanol–water partition coefficient (Wildman–Crippen LogP) is 6.11. The number of anilines is 2. The van der Waals surface area contributed by atoms with Crippen LogP contribution in [0.5, 0.6) is 23.0 Å². The number of aliphatic hydroxyl groups is 1. The molecule has 2 fully saturated rings. The topological polar surface area (TPSA) is 152 Å². The third-order valence-corrected chi connectivity index (χ3v) is 10.5. The Hall–Kier alpha value is -6.02. The van der Waals surface area contributed by atoms with Gasteiger partial charge < -0.3 is 43.9 Å². The first-order valence-electron chi connectivity index (χ1n) is 18.7. The maximum Gasteiger partial charge on any atom is 0.416 e. The molecule has 0 bridgehead atoms. The summed E-state index contributed by atoms with van der Waals surface area (Å²) in [6, 6.07) is 13.1. The zero-order valence-electron chi connectivity index (χ0n) is 31.9. The number of methoxy groups -OCH3 is 2. The molecule has 0 spiro atoms. The Kier molecular flexibility index (Phi) is 11.2. The smallest absolute Gasteiger partial charge is 0.416 e. The molecule has 0 aromatic heterocycles. The van der Waals surface area contributed by atoms with Gasteiger partial charge in [0.05, 0.1) is 62.0 Å². The maximum absolute atomic E-state index is 13.9. The molecule has 4 heterocycles. The first-order valence-corrected chi connectivity index (χ1v) is 18.7. The Bertz CT molecular complexity index is 2070. The van der Waals surface area contributed by atoms with Gasteiger partial charge in [-0.15, -0.1) is 0 Å². The summed E-state index contributed by atoms with van der Waals surface area (Å²) in [6.45, 7) is 9.50. The van der Waals surface area contributed by atoms with E-state index in [1.165, 1.54) is 19.1 Å². The van der Waals surface area contributed by atoms with Gasteiger partial charge in [-0.1, -0.05) is 36.4 Å². The fourth-order valence-corrected chi connectivity index (χ4v) is 7.52. The van der Waals surface area contributed by atoms with Crippen LogP contribution in [0.3, 0.4) is 0 Å². The summed E-state index contributed by atoms with van der Waals surface area (Å²) in [5.74, 6) is 1.12. The van der Waals surface area contributed by atoms with Gasteiger partial charge in [0.25, 0.3) is 11.8 Å². The van der Waals surface area contributed by atoms with Gasteiger partial charge >= 0.3 is 6.09 Å². The number of carbonyl (C=O) groups is 3. The lowest BCUT2D eigenvalue weighted by Gasteiger charge is -2.31. The first-order chi connectivity index (χ1) is 27.1. The van der Waals surface area contributed by atoms with Crippen LogP contribution in [0.2, 0.25) is 0 Å². The average Bonchev–Trinajstić information content (AvgIpc) is 3.74. The van der Waals surface area contributed by atoms with E-state index in [1.54, 1.807) is 35.4 Å². The van der Waals surface area contributed by atoms with E-state index in [9.17, 15) is 19.5 Å². The second-order valence-electron chi connectivity index (χ2n) is 14.3. The number of rotatable bonds is 13. The van der Waals surface area contributed by atoms with E-state index >= 15 is 0 Å². The van der Waals surface area contributed by atoms with Crippen LogP contribution in [0, 0.1) is 0 Å². The molecule has 294 valence electrons. The lowest BCUT2D eigenvalue weighted by molar-refractivity contribution is 0.0485. The van der Waals surface area contributed by atoms with Crippen LogP contribution < -0.4 is 29.2 Å². The SMILES string of the molecule is C=C1CC2C=Nc3cc(OCCCCCOc4cc5c(cc4OC)C(=O)N4CC(=C)CC4C(O)N5C(=O)OCc4ccc(NC)cc4)c(OC)cc3C(=O)N2C1. The van der Waals surface area contributed by atoms with Crippen LogP contribution >= 0.6 is 0 Å². The van der Waals surface area contributed by atoms with E-state index in [-0.39, 0.29) is 42.3 Å². The van der Waals surface area contributed by atoms with Gasteiger partial charge in [-0.3, -0.25) is 14.6 Å². The molecule has 56 heavy (non-hydrogen) atoms. The Balaban J connectivity index is 1.00. The number of carbonyl (C=O) groups excluding carboxylic acids is 3. The number of ether oxygens (including phenoxy) is 5. The lowest BCUT2D eigenvalue weighted by Crippen LogP contribution is -2.50. The highest BCUT2D eigenvalue weighted by Gasteiger charge is 2.46. The molecule has 14 heteroatoms. The highest BCUT2D eigenvalue weighted by atomic mass is 16.6. The number of hydrogen-bond donors (Lipinski definition) is 2. The largest absolute Gasteiger partial charge is 0.493 e. The van der Waals surface area contributed by atoms with Crippen molar-refractivity contribution in [2.75, 3.05) is 57.8 Å². The predicted molar refractivity (Wildman–Crippen MR) is 211 cm³/mol. The van der Waals surface area contributed by atoms with Crippen molar-refractivity contribution in [2.24, 2.45) is 4.99 Å². The maximum atomic E-state index is 13.9. The van der Waals surface area contributed by atoms with E-state index < -0.39 is 18.4 Å². The van der Waals surface area contributed by atoms with Gasteiger partial charge in [-0.25, -0.2) is 9.69 Å². The van der Waals surface area contributed by atoms with Crippen molar-refractivity contribution >= 4 is 41.2 Å². The molecule has 7 rings (SSSR count). The fraction of sp³-hybridized carbons (Fsp3) is 0.381. The summed E-state index contributed by atoms with van der Waals surface area (Å²) in [7, 11) is 4.83. The highest BCUT2D eigenvalue weighted by Crippen LogP contribution is 2.42. The summed E-state index contributed by atoms with van der Waals surface area (Å²) < 4.78 is 29.2. The van der Waals surface area contributed by atoms with Gasteiger partial charge in [0.2, 0.25) is 0 Å². The molecule has 0 saturated carbocycles. The molecule has 2 N–H and O–H groups in total. The van der Waals surface area contributed by atoms with E-state index in [1.807, 2.05) is 31.3 Å². The minimum atomic E-state index is -1.40. The van der Waals surface area contributed by atoms with Crippen molar-refractivity contribution < 1.29 is 43.2 Å². The molecule has 14 nitrogen and oxygen atoms in total. The highest BCUT2D eigenvalue weighted by molar-refractivity contribution is 6.06. The molecule has 3 atom stereocenters. The molecular weight excluding hydrogens is 718 g/mol. The van der Waals surface area contributed by atoms with E-state index in [0.29, 0.717) is 79.7 Å². The number of benzene rings is 3. The van der Waals surface area contributed by atoms with E-state index in [2.05, 4.69) is 23.5 Å². The Morgan fingerprint density at radius 2 is 1.46 bits per heavy atom. The quantitative estimate of drug-likeness (QED) is 0.154. The van der Waals surface area contributed by atoms with Crippen LogP contribution in [0.25, 0.3) is 0 Å². The summed E-state index contributed by atoms with van der Waals surface area (Å²) in [6.07, 6.45) is 2.74. The monoisotopic (exact) mass is 765 g/mol. The van der Waals surface area contributed by atoms with Crippen molar-refractivity contribution in [3.05, 3.63) is 89.5 Å². The third-order valence-electron chi connectivity index (χ3n) is 10.5. The molecule has 2 saturated heterocycles. The molecule has 0 radical (unpaired) electrons. The van der Waals surface area contributed by atoms with Crippen LogP contribution in [-0.4, -0.2) is 105 Å². The number of nitrogens with zero attached hydrogens (tertiary/aromatic N) is 4. The molecule has 3 unspecified atom stereocenters. The molecule has 3 amide bonds. The summed E-state index contributed by atoms with van der Waals surface area (Å²) in [5.41, 5.74) is 4.79. The number of amides is 3. The van der Waals surface area contributed by atoms with Gasteiger partial charge in [0, 0.05) is 44.2 Å². The lowest BCUT2D eigenvalue weighted by atomic mass is 10.1. The molecule has 3 aromatic rings. The number of fused-ring (bicyclic) bond motifs is 4. The number of unbranched alkanes of at least 4 members (excludes halogenated alkanes) is 2. The minimum Gasteiger partial charge on any atom is -0.493 e. The number of aliphatic imine (C=N–C) groups is 1. The average molecular weight is 766 g/mol.